The molecule has 2 nitrogen and oxygen atoms in total. The number of benzene rings is 1. The number of alkyl halides is 1. The van der Waals surface area contributed by atoms with E-state index in [0.717, 1.165) is 31.2 Å². The van der Waals surface area contributed by atoms with Gasteiger partial charge in [0.25, 0.3) is 0 Å². The Kier molecular flexibility index (Phi) is 7.57. The van der Waals surface area contributed by atoms with Crippen LogP contribution in [0.4, 0.5) is 0 Å². The molecule has 0 radical (unpaired) electrons. The van der Waals surface area contributed by atoms with Crippen LogP contribution in [0.15, 0.2) is 30.3 Å². The first kappa shape index (κ1) is 16.0. The maximum atomic E-state index is 12.1. The monoisotopic (exact) mass is 281 g/mol. The molecule has 1 amide bonds. The van der Waals surface area contributed by atoms with Gasteiger partial charge in [0.2, 0.25) is 5.91 Å². The van der Waals surface area contributed by atoms with Crippen molar-refractivity contribution in [3.8, 4) is 0 Å². The summed E-state index contributed by atoms with van der Waals surface area (Å²) in [5.41, 5.74) is 1.05. The predicted molar refractivity (Wildman–Crippen MR) is 81.4 cm³/mol. The molecule has 19 heavy (non-hydrogen) atoms. The second-order valence-electron chi connectivity index (χ2n) is 4.90. The minimum Gasteiger partial charge on any atom is -0.354 e. The first-order valence-corrected chi connectivity index (χ1v) is 7.59. The first-order valence-electron chi connectivity index (χ1n) is 7.15. The molecule has 106 valence electrons. The highest BCUT2D eigenvalue weighted by molar-refractivity contribution is 6.21. The minimum absolute atomic E-state index is 0.134. The molecule has 1 aromatic rings. The van der Waals surface area contributed by atoms with Crippen LogP contribution in [0.2, 0.25) is 0 Å². The summed E-state index contributed by atoms with van der Waals surface area (Å²) in [6, 6.07) is 9.86. The molecule has 3 heteroatoms. The molecular weight excluding hydrogens is 258 g/mol. The summed E-state index contributed by atoms with van der Waals surface area (Å²) in [6.07, 6.45) is 4.00. The third-order valence-corrected chi connectivity index (χ3v) is 3.67. The van der Waals surface area contributed by atoms with Gasteiger partial charge in [0.05, 0.1) is 5.38 Å². The number of nitrogens with one attached hydrogen (secondary N) is 1. The molecule has 0 fully saturated rings. The Bertz CT molecular complexity index is 360. The van der Waals surface area contributed by atoms with E-state index in [4.69, 9.17) is 11.6 Å². The number of halogens is 1. The molecule has 0 saturated heterocycles. The van der Waals surface area contributed by atoms with E-state index in [9.17, 15) is 4.79 Å². The van der Waals surface area contributed by atoms with Crippen LogP contribution in [0, 0.1) is 5.92 Å². The molecule has 1 atom stereocenters. The maximum absolute atomic E-state index is 12.1. The largest absolute Gasteiger partial charge is 0.354 e. The topological polar surface area (TPSA) is 29.1 Å². The van der Waals surface area contributed by atoms with Crippen LogP contribution in [0.1, 0.15) is 50.5 Å². The fourth-order valence-electron chi connectivity index (χ4n) is 2.22. The van der Waals surface area contributed by atoms with Crippen LogP contribution >= 0.6 is 11.6 Å². The van der Waals surface area contributed by atoms with Crippen molar-refractivity contribution in [1.29, 1.82) is 0 Å². The predicted octanol–water partition coefficient (Wildman–Crippen LogP) is 4.30. The minimum atomic E-state index is -0.158. The highest BCUT2D eigenvalue weighted by atomic mass is 35.5. The summed E-state index contributed by atoms with van der Waals surface area (Å²) < 4.78 is 0. The van der Waals surface area contributed by atoms with Gasteiger partial charge in [-0.2, -0.15) is 0 Å². The van der Waals surface area contributed by atoms with Gasteiger partial charge in [-0.05, 0) is 18.4 Å². The summed E-state index contributed by atoms with van der Waals surface area (Å²) >= 11 is 6.29. The highest BCUT2D eigenvalue weighted by Gasteiger charge is 2.17. The molecule has 1 aromatic carbocycles. The molecule has 0 spiro atoms. The average molecular weight is 282 g/mol. The van der Waals surface area contributed by atoms with E-state index >= 15 is 0 Å². The van der Waals surface area contributed by atoms with E-state index in [0.29, 0.717) is 6.54 Å². The van der Waals surface area contributed by atoms with E-state index in [1.807, 2.05) is 30.3 Å². The second-order valence-corrected chi connectivity index (χ2v) is 5.42. The fourth-order valence-corrected chi connectivity index (χ4v) is 2.44. The van der Waals surface area contributed by atoms with Crippen molar-refractivity contribution in [3.05, 3.63) is 35.9 Å². The summed E-state index contributed by atoms with van der Waals surface area (Å²) in [7, 11) is 0. The van der Waals surface area contributed by atoms with E-state index in [1.54, 1.807) is 0 Å². The maximum Gasteiger partial charge on any atom is 0.223 e. The van der Waals surface area contributed by atoms with Gasteiger partial charge >= 0.3 is 0 Å². The molecule has 1 rings (SSSR count). The van der Waals surface area contributed by atoms with Gasteiger partial charge in [0, 0.05) is 12.5 Å². The lowest BCUT2D eigenvalue weighted by atomic mass is 9.97. The zero-order chi connectivity index (χ0) is 14.1. The third kappa shape index (κ3) is 5.65. The van der Waals surface area contributed by atoms with Crippen molar-refractivity contribution < 1.29 is 4.79 Å². The standard InChI is InChI=1S/C16H24ClNO/c1-3-8-14(9-4-2)16(19)18-12-15(17)13-10-6-5-7-11-13/h5-7,10-11,14-15H,3-4,8-9,12H2,1-2H3,(H,18,19). The Morgan fingerprint density at radius 2 is 1.74 bits per heavy atom. The number of rotatable bonds is 8. The molecule has 0 bridgehead atoms. The smallest absolute Gasteiger partial charge is 0.223 e. The van der Waals surface area contributed by atoms with Crippen molar-refractivity contribution in [3.63, 3.8) is 0 Å². The van der Waals surface area contributed by atoms with E-state index in [-0.39, 0.29) is 17.2 Å². The Labute approximate surface area is 121 Å². The lowest BCUT2D eigenvalue weighted by molar-refractivity contribution is -0.125. The SMILES string of the molecule is CCCC(CCC)C(=O)NCC(Cl)c1ccccc1. The van der Waals surface area contributed by atoms with E-state index in [2.05, 4.69) is 19.2 Å². The molecular formula is C16H24ClNO. The van der Waals surface area contributed by atoms with Crippen LogP contribution in [0.25, 0.3) is 0 Å². The molecule has 0 aromatic heterocycles. The molecule has 0 aliphatic heterocycles. The Balaban J connectivity index is 2.44. The van der Waals surface area contributed by atoms with Crippen LogP contribution < -0.4 is 5.32 Å². The summed E-state index contributed by atoms with van der Waals surface area (Å²) in [5, 5.41) is 2.82. The van der Waals surface area contributed by atoms with Gasteiger partial charge < -0.3 is 5.32 Å². The van der Waals surface area contributed by atoms with Crippen LogP contribution in [0.3, 0.4) is 0 Å². The zero-order valence-corrected chi connectivity index (χ0v) is 12.6. The third-order valence-electron chi connectivity index (χ3n) is 3.26. The molecule has 1 unspecified atom stereocenters. The lowest BCUT2D eigenvalue weighted by Crippen LogP contribution is -2.33. The average Bonchev–Trinajstić information content (AvgIpc) is 2.45. The van der Waals surface area contributed by atoms with Crippen molar-refractivity contribution in [2.75, 3.05) is 6.54 Å². The highest BCUT2D eigenvalue weighted by Crippen LogP contribution is 2.19. The number of carbonyl (C=O) groups excluding carboxylic acids is 1. The summed E-state index contributed by atoms with van der Waals surface area (Å²) in [6.45, 7) is 4.73. The molecule has 0 aliphatic carbocycles. The van der Waals surface area contributed by atoms with Crippen molar-refractivity contribution >= 4 is 17.5 Å². The number of carbonyl (C=O) groups is 1. The van der Waals surface area contributed by atoms with Gasteiger partial charge in [-0.25, -0.2) is 0 Å². The quantitative estimate of drug-likeness (QED) is 0.707. The second kappa shape index (κ2) is 8.98. The summed E-state index contributed by atoms with van der Waals surface area (Å²) in [4.78, 5) is 12.1. The zero-order valence-electron chi connectivity index (χ0n) is 11.9. The lowest BCUT2D eigenvalue weighted by Gasteiger charge is -2.17. The fraction of sp³-hybridized carbons (Fsp3) is 0.562. The number of amides is 1. The number of hydrogen-bond donors (Lipinski definition) is 1. The van der Waals surface area contributed by atoms with Crippen molar-refractivity contribution in [2.45, 2.75) is 44.9 Å². The Morgan fingerprint density at radius 1 is 1.16 bits per heavy atom. The van der Waals surface area contributed by atoms with Gasteiger partial charge in [-0.1, -0.05) is 57.0 Å². The van der Waals surface area contributed by atoms with Crippen LogP contribution in [-0.2, 0) is 4.79 Å². The van der Waals surface area contributed by atoms with Crippen molar-refractivity contribution in [2.24, 2.45) is 5.92 Å². The molecule has 0 aliphatic rings. The first-order chi connectivity index (χ1) is 9.19. The number of hydrogen-bond acceptors (Lipinski definition) is 1. The summed E-state index contributed by atoms with van der Waals surface area (Å²) in [5.74, 6) is 0.278. The van der Waals surface area contributed by atoms with E-state index < -0.39 is 0 Å². The molecule has 1 N–H and O–H groups in total. The van der Waals surface area contributed by atoms with Gasteiger partial charge in [-0.3, -0.25) is 4.79 Å². The Morgan fingerprint density at radius 3 is 2.26 bits per heavy atom. The van der Waals surface area contributed by atoms with Crippen LogP contribution in [0.5, 0.6) is 0 Å². The van der Waals surface area contributed by atoms with Gasteiger partial charge in [0.15, 0.2) is 0 Å². The van der Waals surface area contributed by atoms with E-state index in [1.165, 1.54) is 0 Å². The molecule has 0 saturated carbocycles. The van der Waals surface area contributed by atoms with Gasteiger partial charge in [-0.15, -0.1) is 11.6 Å². The van der Waals surface area contributed by atoms with Crippen LogP contribution in [-0.4, -0.2) is 12.5 Å². The normalized spacial score (nSPS) is 12.4. The van der Waals surface area contributed by atoms with Crippen molar-refractivity contribution in [1.82, 2.24) is 5.32 Å². The molecule has 0 heterocycles. The Hall–Kier alpha value is -1.02. The van der Waals surface area contributed by atoms with Gasteiger partial charge in [0.1, 0.15) is 0 Å².